The molecule has 1 fully saturated rings. The van der Waals surface area contributed by atoms with Crippen LogP contribution in [0.15, 0.2) is 51.6 Å². The van der Waals surface area contributed by atoms with Crippen LogP contribution in [0.2, 0.25) is 5.02 Å². The normalized spacial score (nSPS) is 18.5. The average Bonchev–Trinajstić information content (AvgIpc) is 3.38. The van der Waals surface area contributed by atoms with Gasteiger partial charge >= 0.3 is 0 Å². The first-order valence-corrected chi connectivity index (χ1v) is 10.8. The van der Waals surface area contributed by atoms with Crippen molar-refractivity contribution in [2.45, 2.75) is 31.8 Å². The van der Waals surface area contributed by atoms with Crippen LogP contribution in [-0.4, -0.2) is 17.9 Å². The third-order valence-corrected chi connectivity index (χ3v) is 6.30. The fourth-order valence-corrected chi connectivity index (χ4v) is 4.63. The minimum Gasteiger partial charge on any atom is -0.463 e. The van der Waals surface area contributed by atoms with E-state index in [1.807, 2.05) is 0 Å². The van der Waals surface area contributed by atoms with Crippen LogP contribution in [0.25, 0.3) is 11.0 Å². The summed E-state index contributed by atoms with van der Waals surface area (Å²) in [4.78, 5) is 25.5. The Morgan fingerprint density at radius 1 is 1.23 bits per heavy atom. The molecule has 2 amide bonds. The number of amides is 2. The molecule has 156 valence electrons. The van der Waals surface area contributed by atoms with Crippen molar-refractivity contribution in [3.63, 3.8) is 0 Å². The number of nitrogens with one attached hydrogen (secondary N) is 2. The van der Waals surface area contributed by atoms with Crippen molar-refractivity contribution in [1.82, 2.24) is 10.6 Å². The quantitative estimate of drug-likeness (QED) is 0.513. The lowest BCUT2D eigenvalue weighted by Crippen LogP contribution is -2.43. The topological polar surface area (TPSA) is 71.3 Å². The van der Waals surface area contributed by atoms with Gasteiger partial charge < -0.3 is 15.1 Å². The third-order valence-electron chi connectivity index (χ3n) is 5.42. The fraction of sp³-hybridized carbons (Fsp3) is 0.273. The van der Waals surface area contributed by atoms with E-state index in [0.717, 1.165) is 11.8 Å². The predicted octanol–water partition coefficient (Wildman–Crippen LogP) is 5.20. The number of carbonyl (C=O) groups excluding carboxylic acids is 2. The van der Waals surface area contributed by atoms with Gasteiger partial charge in [0.25, 0.3) is 5.91 Å². The van der Waals surface area contributed by atoms with Gasteiger partial charge in [0.2, 0.25) is 5.91 Å². The molecule has 30 heavy (non-hydrogen) atoms. The summed E-state index contributed by atoms with van der Waals surface area (Å²) in [5, 5.41) is 6.60. The Kier molecular flexibility index (Phi) is 6.11. The number of hydrogen-bond acceptors (Lipinski definition) is 3. The van der Waals surface area contributed by atoms with Gasteiger partial charge in [-0.1, -0.05) is 30.2 Å². The lowest BCUT2D eigenvalue weighted by atomic mass is 10.0. The molecular weight excluding hydrogens is 475 g/mol. The van der Waals surface area contributed by atoms with Crippen LogP contribution >= 0.6 is 27.5 Å². The number of fused-ring (bicyclic) bond motifs is 1. The highest BCUT2D eigenvalue weighted by Crippen LogP contribution is 2.29. The molecule has 2 N–H and O–H groups in total. The summed E-state index contributed by atoms with van der Waals surface area (Å²) in [5.41, 5.74) is 1.49. The van der Waals surface area contributed by atoms with E-state index in [9.17, 15) is 14.0 Å². The van der Waals surface area contributed by atoms with Crippen molar-refractivity contribution >= 4 is 50.3 Å². The molecule has 0 unspecified atom stereocenters. The zero-order valence-electron chi connectivity index (χ0n) is 15.9. The van der Waals surface area contributed by atoms with Crippen LogP contribution in [0.1, 0.15) is 35.2 Å². The second-order valence-electron chi connectivity index (χ2n) is 7.35. The lowest BCUT2D eigenvalue weighted by molar-refractivity contribution is -0.125. The number of rotatable bonds is 5. The van der Waals surface area contributed by atoms with Gasteiger partial charge in [-0.05, 0) is 53.0 Å². The maximum atomic E-state index is 14.0. The third kappa shape index (κ3) is 4.23. The number of halogens is 3. The smallest absolute Gasteiger partial charge is 0.251 e. The molecule has 1 aliphatic carbocycles. The van der Waals surface area contributed by atoms with Crippen LogP contribution < -0.4 is 10.6 Å². The Balaban J connectivity index is 1.41. The molecule has 8 heteroatoms. The van der Waals surface area contributed by atoms with Gasteiger partial charge in [-0.25, -0.2) is 4.39 Å². The van der Waals surface area contributed by atoms with E-state index >= 15 is 0 Å². The Labute approximate surface area is 186 Å². The molecule has 1 saturated carbocycles. The van der Waals surface area contributed by atoms with Crippen molar-refractivity contribution in [1.29, 1.82) is 0 Å². The summed E-state index contributed by atoms with van der Waals surface area (Å²) in [6.07, 6.45) is 3.78. The van der Waals surface area contributed by atoms with Gasteiger partial charge in [-0.15, -0.1) is 0 Å². The Bertz CT molecular complexity index is 1120. The Morgan fingerprint density at radius 3 is 2.90 bits per heavy atom. The first-order valence-electron chi connectivity index (χ1n) is 9.62. The zero-order chi connectivity index (χ0) is 21.3. The number of furan rings is 1. The van der Waals surface area contributed by atoms with Gasteiger partial charge in [0.15, 0.2) is 0 Å². The highest BCUT2D eigenvalue weighted by molar-refractivity contribution is 9.10. The standard InChI is InChI=1S/C22H19BrClFN2O3/c23-16-10-14(9-12-7-8-30-20(12)16)21(28)27-18-6-2-4-15(18)22(29)26-11-13-3-1-5-17(24)19(13)25/h1,3,5,7-10,15,18H,2,4,6,11H2,(H,26,29)(H,27,28)/t15-,18-/m0/s1. The minimum atomic E-state index is -0.532. The van der Waals surface area contributed by atoms with Gasteiger partial charge in [0, 0.05) is 29.1 Å². The average molecular weight is 494 g/mol. The van der Waals surface area contributed by atoms with E-state index in [2.05, 4.69) is 26.6 Å². The highest BCUT2D eigenvalue weighted by atomic mass is 79.9. The fourth-order valence-electron chi connectivity index (χ4n) is 3.87. The number of benzene rings is 2. The van der Waals surface area contributed by atoms with Crippen molar-refractivity contribution < 1.29 is 18.4 Å². The molecule has 0 aliphatic heterocycles. The van der Waals surface area contributed by atoms with Crippen LogP contribution in [0.4, 0.5) is 4.39 Å². The van der Waals surface area contributed by atoms with Crippen molar-refractivity contribution in [2.24, 2.45) is 5.92 Å². The maximum Gasteiger partial charge on any atom is 0.251 e. The summed E-state index contributed by atoms with van der Waals surface area (Å²) in [6, 6.07) is 9.65. The SMILES string of the molecule is O=C(N[C@H]1CCC[C@@H]1C(=O)NCc1cccc(Cl)c1F)c1cc(Br)c2occc2c1. The minimum absolute atomic E-state index is 0.0218. The van der Waals surface area contributed by atoms with Crippen LogP contribution in [0.5, 0.6) is 0 Å². The second-order valence-corrected chi connectivity index (χ2v) is 8.61. The Hall–Kier alpha value is -2.38. The molecular formula is C22H19BrClFN2O3. The molecule has 5 nitrogen and oxygen atoms in total. The van der Waals surface area contributed by atoms with Crippen LogP contribution in [0, 0.1) is 11.7 Å². The van der Waals surface area contributed by atoms with Gasteiger partial charge in [0.1, 0.15) is 11.4 Å². The van der Waals surface area contributed by atoms with E-state index in [0.29, 0.717) is 34.0 Å². The van der Waals surface area contributed by atoms with Crippen molar-refractivity contribution in [3.8, 4) is 0 Å². The summed E-state index contributed by atoms with van der Waals surface area (Å²) in [7, 11) is 0. The lowest BCUT2D eigenvalue weighted by Gasteiger charge is -2.21. The van der Waals surface area contributed by atoms with E-state index in [1.54, 1.807) is 36.6 Å². The molecule has 1 aliphatic rings. The summed E-state index contributed by atoms with van der Waals surface area (Å²) >= 11 is 9.21. The molecule has 3 aromatic rings. The predicted molar refractivity (Wildman–Crippen MR) is 116 cm³/mol. The van der Waals surface area contributed by atoms with E-state index < -0.39 is 5.82 Å². The molecule has 0 radical (unpaired) electrons. The second kappa shape index (κ2) is 8.78. The van der Waals surface area contributed by atoms with Crippen LogP contribution in [0.3, 0.4) is 0 Å². The largest absolute Gasteiger partial charge is 0.463 e. The highest BCUT2D eigenvalue weighted by Gasteiger charge is 2.34. The molecule has 4 rings (SSSR count). The number of hydrogen-bond donors (Lipinski definition) is 2. The molecule has 1 heterocycles. The van der Waals surface area contributed by atoms with E-state index in [-0.39, 0.29) is 35.3 Å². The van der Waals surface area contributed by atoms with Gasteiger partial charge in [-0.2, -0.15) is 0 Å². The monoisotopic (exact) mass is 492 g/mol. The van der Waals surface area contributed by atoms with E-state index in [4.69, 9.17) is 16.0 Å². The molecule has 2 atom stereocenters. The molecule has 0 spiro atoms. The number of carbonyl (C=O) groups is 2. The zero-order valence-corrected chi connectivity index (χ0v) is 18.2. The summed E-state index contributed by atoms with van der Waals surface area (Å²) < 4.78 is 20.1. The first kappa shape index (κ1) is 20.9. The molecule has 0 bridgehead atoms. The van der Waals surface area contributed by atoms with E-state index in [1.165, 1.54) is 6.07 Å². The van der Waals surface area contributed by atoms with Crippen LogP contribution in [-0.2, 0) is 11.3 Å². The van der Waals surface area contributed by atoms with Crippen molar-refractivity contribution in [3.05, 3.63) is 69.1 Å². The molecule has 0 saturated heterocycles. The summed E-state index contributed by atoms with van der Waals surface area (Å²) in [6.45, 7) is 0.0481. The molecule has 2 aromatic carbocycles. The van der Waals surface area contributed by atoms with Crippen molar-refractivity contribution in [2.75, 3.05) is 0 Å². The van der Waals surface area contributed by atoms with Gasteiger partial charge in [-0.3, -0.25) is 9.59 Å². The van der Waals surface area contributed by atoms with Gasteiger partial charge in [0.05, 0.1) is 21.7 Å². The Morgan fingerprint density at radius 2 is 2.07 bits per heavy atom. The maximum absolute atomic E-state index is 14.0. The molecule has 1 aromatic heterocycles. The first-order chi connectivity index (χ1) is 14.4. The summed E-state index contributed by atoms with van der Waals surface area (Å²) in [5.74, 6) is -1.35.